The molecule has 1 aromatic rings. The van der Waals surface area contributed by atoms with Gasteiger partial charge >= 0.3 is 12.1 Å². The van der Waals surface area contributed by atoms with Gasteiger partial charge in [-0.1, -0.05) is 18.2 Å². The summed E-state index contributed by atoms with van der Waals surface area (Å²) in [5.74, 6) is -1.62. The van der Waals surface area contributed by atoms with Gasteiger partial charge in [0.2, 0.25) is 0 Å². The first-order valence-electron chi connectivity index (χ1n) is 6.12. The number of aliphatic carboxylic acids is 1. The molecular formula is C14H17NO4. The number of anilines is 1. The zero-order chi connectivity index (χ0) is 14.2. The summed E-state index contributed by atoms with van der Waals surface area (Å²) in [7, 11) is 0. The van der Waals surface area contributed by atoms with E-state index in [9.17, 15) is 14.7 Å². The van der Waals surface area contributed by atoms with Gasteiger partial charge in [-0.15, -0.1) is 0 Å². The molecule has 1 amide bonds. The van der Waals surface area contributed by atoms with Crippen LogP contribution in [0.3, 0.4) is 0 Å². The molecule has 0 unspecified atom stereocenters. The molecule has 1 N–H and O–H groups in total. The smallest absolute Gasteiger partial charge is 0.414 e. The molecule has 1 heterocycles. The van der Waals surface area contributed by atoms with Gasteiger partial charge in [0.1, 0.15) is 11.5 Å². The van der Waals surface area contributed by atoms with Crippen LogP contribution in [0.25, 0.3) is 0 Å². The lowest BCUT2D eigenvalue weighted by molar-refractivity contribution is -0.138. The van der Waals surface area contributed by atoms with Crippen LogP contribution in [0, 0.1) is 0 Å². The number of carbonyl (C=O) groups is 2. The van der Waals surface area contributed by atoms with E-state index in [1.165, 1.54) is 4.90 Å². The van der Waals surface area contributed by atoms with Crippen LogP contribution in [0.2, 0.25) is 0 Å². The van der Waals surface area contributed by atoms with Gasteiger partial charge in [-0.05, 0) is 32.4 Å². The Balaban J connectivity index is 2.30. The number of carboxylic acids is 1. The van der Waals surface area contributed by atoms with Crippen molar-refractivity contribution in [3.8, 4) is 0 Å². The topological polar surface area (TPSA) is 66.8 Å². The summed E-state index contributed by atoms with van der Waals surface area (Å²) < 4.78 is 5.30. The number of carbonyl (C=O) groups excluding carboxylic acids is 1. The van der Waals surface area contributed by atoms with Gasteiger partial charge in [0.05, 0.1) is 5.69 Å². The summed E-state index contributed by atoms with van der Waals surface area (Å²) in [5.41, 5.74) is 0.665. The van der Waals surface area contributed by atoms with Crippen LogP contribution >= 0.6 is 0 Å². The van der Waals surface area contributed by atoms with Crippen LogP contribution in [0.15, 0.2) is 24.3 Å². The van der Waals surface area contributed by atoms with E-state index in [0.29, 0.717) is 11.3 Å². The predicted molar refractivity (Wildman–Crippen MR) is 70.4 cm³/mol. The van der Waals surface area contributed by atoms with Crippen molar-refractivity contribution in [2.75, 3.05) is 11.4 Å². The van der Waals surface area contributed by atoms with E-state index < -0.39 is 23.6 Å². The fraction of sp³-hybridized carbons (Fsp3) is 0.429. The number of fused-ring (bicyclic) bond motifs is 1. The number of benzene rings is 1. The number of carboxylic acid groups (broad SMARTS) is 1. The van der Waals surface area contributed by atoms with E-state index in [1.807, 2.05) is 0 Å². The monoisotopic (exact) mass is 263 g/mol. The number of para-hydroxylation sites is 1. The lowest BCUT2D eigenvalue weighted by atomic mass is 10.0. The molecule has 0 saturated heterocycles. The molecule has 5 nitrogen and oxygen atoms in total. The van der Waals surface area contributed by atoms with Gasteiger partial charge in [0.15, 0.2) is 0 Å². The van der Waals surface area contributed by atoms with E-state index in [4.69, 9.17) is 4.74 Å². The Morgan fingerprint density at radius 3 is 2.53 bits per heavy atom. The van der Waals surface area contributed by atoms with Gasteiger partial charge in [0, 0.05) is 6.54 Å². The standard InChI is InChI=1S/C14H17NO4/c1-14(2,3)19-13(18)15-8-10(12(16)17)9-6-4-5-7-11(9)15/h4-7,10H,8H2,1-3H3,(H,16,17)/t10-/m0/s1. The zero-order valence-electron chi connectivity index (χ0n) is 11.2. The molecule has 2 rings (SSSR count). The molecular weight excluding hydrogens is 246 g/mol. The molecule has 102 valence electrons. The SMILES string of the molecule is CC(C)(C)OC(=O)N1C[C@H](C(=O)O)c2ccccc21. The maximum Gasteiger partial charge on any atom is 0.414 e. The Kier molecular flexibility index (Phi) is 3.22. The molecule has 5 heteroatoms. The Hall–Kier alpha value is -2.04. The second-order valence-electron chi connectivity index (χ2n) is 5.54. The molecule has 0 aromatic heterocycles. The summed E-state index contributed by atoms with van der Waals surface area (Å²) in [6.45, 7) is 5.45. The lowest BCUT2D eigenvalue weighted by Gasteiger charge is -2.24. The molecule has 1 aromatic carbocycles. The van der Waals surface area contributed by atoms with Crippen LogP contribution < -0.4 is 4.90 Å². The highest BCUT2D eigenvalue weighted by molar-refractivity contribution is 5.95. The van der Waals surface area contributed by atoms with Crippen molar-refractivity contribution in [3.63, 3.8) is 0 Å². The third-order valence-electron chi connectivity index (χ3n) is 2.88. The highest BCUT2D eigenvalue weighted by Crippen LogP contribution is 2.36. The number of ether oxygens (including phenoxy) is 1. The number of rotatable bonds is 1. The number of nitrogens with zero attached hydrogens (tertiary/aromatic N) is 1. The number of hydrogen-bond donors (Lipinski definition) is 1. The normalized spacial score (nSPS) is 18.1. The average molecular weight is 263 g/mol. The molecule has 0 radical (unpaired) electrons. The number of hydrogen-bond acceptors (Lipinski definition) is 3. The fourth-order valence-corrected chi connectivity index (χ4v) is 2.11. The minimum absolute atomic E-state index is 0.115. The second-order valence-corrected chi connectivity index (χ2v) is 5.54. The van der Waals surface area contributed by atoms with Crippen LogP contribution in [0.4, 0.5) is 10.5 Å². The average Bonchev–Trinajstić information content (AvgIpc) is 2.66. The Morgan fingerprint density at radius 2 is 1.95 bits per heavy atom. The molecule has 0 fully saturated rings. The van der Waals surface area contributed by atoms with Gasteiger partial charge in [0.25, 0.3) is 0 Å². The highest BCUT2D eigenvalue weighted by atomic mass is 16.6. The maximum atomic E-state index is 12.1. The van der Waals surface area contributed by atoms with Gasteiger partial charge in [-0.2, -0.15) is 0 Å². The first kappa shape index (κ1) is 13.4. The molecule has 0 spiro atoms. The zero-order valence-corrected chi connectivity index (χ0v) is 11.2. The van der Waals surface area contributed by atoms with E-state index >= 15 is 0 Å². The van der Waals surface area contributed by atoms with Crippen molar-refractivity contribution in [2.45, 2.75) is 32.3 Å². The van der Waals surface area contributed by atoms with E-state index in [2.05, 4.69) is 0 Å². The highest BCUT2D eigenvalue weighted by Gasteiger charge is 2.38. The molecule has 1 aliphatic heterocycles. The van der Waals surface area contributed by atoms with Crippen LogP contribution in [-0.2, 0) is 9.53 Å². The number of amides is 1. The second kappa shape index (κ2) is 4.57. The third kappa shape index (κ3) is 2.70. The van der Waals surface area contributed by atoms with Crippen molar-refractivity contribution in [2.24, 2.45) is 0 Å². The molecule has 0 aliphatic carbocycles. The summed E-state index contributed by atoms with van der Waals surface area (Å²) in [5, 5.41) is 9.21. The van der Waals surface area contributed by atoms with Crippen molar-refractivity contribution in [1.82, 2.24) is 0 Å². The van der Waals surface area contributed by atoms with Crippen molar-refractivity contribution >= 4 is 17.7 Å². The van der Waals surface area contributed by atoms with Crippen molar-refractivity contribution in [3.05, 3.63) is 29.8 Å². The quantitative estimate of drug-likeness (QED) is 0.845. The Morgan fingerprint density at radius 1 is 1.32 bits per heavy atom. The fourth-order valence-electron chi connectivity index (χ4n) is 2.11. The van der Waals surface area contributed by atoms with E-state index in [1.54, 1.807) is 45.0 Å². The molecule has 19 heavy (non-hydrogen) atoms. The van der Waals surface area contributed by atoms with E-state index in [0.717, 1.165) is 0 Å². The minimum atomic E-state index is -0.932. The molecule has 0 bridgehead atoms. The van der Waals surface area contributed by atoms with Crippen molar-refractivity contribution in [1.29, 1.82) is 0 Å². The van der Waals surface area contributed by atoms with E-state index in [-0.39, 0.29) is 6.54 Å². The Bertz CT molecular complexity index is 518. The first-order chi connectivity index (χ1) is 8.79. The van der Waals surface area contributed by atoms with Crippen LogP contribution in [0.5, 0.6) is 0 Å². The summed E-state index contributed by atoms with van der Waals surface area (Å²) in [6, 6.07) is 7.02. The molecule has 1 aliphatic rings. The molecule has 1 atom stereocenters. The Labute approximate surface area is 111 Å². The van der Waals surface area contributed by atoms with Gasteiger partial charge < -0.3 is 9.84 Å². The molecule has 0 saturated carbocycles. The summed E-state index contributed by atoms with van der Waals surface area (Å²) in [6.07, 6.45) is -0.510. The lowest BCUT2D eigenvalue weighted by Crippen LogP contribution is -2.36. The van der Waals surface area contributed by atoms with Crippen LogP contribution in [0.1, 0.15) is 32.3 Å². The van der Waals surface area contributed by atoms with Gasteiger partial charge in [-0.3, -0.25) is 9.69 Å². The van der Waals surface area contributed by atoms with Crippen molar-refractivity contribution < 1.29 is 19.4 Å². The minimum Gasteiger partial charge on any atom is -0.481 e. The largest absolute Gasteiger partial charge is 0.481 e. The summed E-state index contributed by atoms with van der Waals surface area (Å²) in [4.78, 5) is 24.7. The third-order valence-corrected chi connectivity index (χ3v) is 2.88. The first-order valence-corrected chi connectivity index (χ1v) is 6.12. The predicted octanol–water partition coefficient (Wildman–Crippen LogP) is 2.61. The van der Waals surface area contributed by atoms with Crippen LogP contribution in [-0.4, -0.2) is 29.3 Å². The maximum absolute atomic E-state index is 12.1. The van der Waals surface area contributed by atoms with Gasteiger partial charge in [-0.25, -0.2) is 4.79 Å². The summed E-state index contributed by atoms with van der Waals surface area (Å²) >= 11 is 0.